The predicted molar refractivity (Wildman–Crippen MR) is 113 cm³/mol. The SMILES string of the molecule is C[C@]12CC(=Cc3ccc(C#Cc4ccccc4)cc3)C(=O)C=C1CCC[C@@H]2O. The van der Waals surface area contributed by atoms with Crippen LogP contribution >= 0.6 is 0 Å². The Morgan fingerprint density at radius 2 is 1.71 bits per heavy atom. The van der Waals surface area contributed by atoms with E-state index in [2.05, 4.69) is 18.8 Å². The lowest BCUT2D eigenvalue weighted by molar-refractivity contribution is -0.112. The summed E-state index contributed by atoms with van der Waals surface area (Å²) in [5.41, 5.74) is 4.50. The molecule has 2 atom stereocenters. The first-order valence-electron chi connectivity index (χ1n) is 9.86. The van der Waals surface area contributed by atoms with Crippen LogP contribution in [0.25, 0.3) is 6.08 Å². The van der Waals surface area contributed by atoms with Gasteiger partial charge in [0.25, 0.3) is 0 Å². The highest BCUT2D eigenvalue weighted by Gasteiger charge is 2.43. The molecule has 4 rings (SSSR count). The standard InChI is InChI=1S/C26H24O2/c1-26-18-22(24(27)17-23(26)8-5-9-25(26)28)16-21-14-12-20(13-15-21)11-10-19-6-3-2-4-7-19/h2-4,6-7,12-17,25,28H,5,8-9,18H2,1H3/t25-,26-/m0/s1. The van der Waals surface area contributed by atoms with Crippen molar-refractivity contribution in [1.29, 1.82) is 0 Å². The lowest BCUT2D eigenvalue weighted by Crippen LogP contribution is -2.40. The van der Waals surface area contributed by atoms with E-state index in [1.54, 1.807) is 6.08 Å². The molecule has 1 N–H and O–H groups in total. The molecular formula is C26H24O2. The predicted octanol–water partition coefficient (Wildman–Crippen LogP) is 4.92. The summed E-state index contributed by atoms with van der Waals surface area (Å²) in [5, 5.41) is 10.5. The monoisotopic (exact) mass is 368 g/mol. The summed E-state index contributed by atoms with van der Waals surface area (Å²) in [6.07, 6.45) is 6.63. The van der Waals surface area contributed by atoms with E-state index in [4.69, 9.17) is 0 Å². The Kier molecular flexibility index (Phi) is 5.03. The fourth-order valence-electron chi connectivity index (χ4n) is 4.16. The molecule has 2 aliphatic carbocycles. The van der Waals surface area contributed by atoms with E-state index in [0.717, 1.165) is 47.1 Å². The maximum absolute atomic E-state index is 12.6. The number of carbonyl (C=O) groups excluding carboxylic acids is 1. The normalized spacial score (nSPS) is 25.5. The highest BCUT2D eigenvalue weighted by molar-refractivity contribution is 6.08. The van der Waals surface area contributed by atoms with Gasteiger partial charge in [-0.2, -0.15) is 0 Å². The number of aliphatic hydroxyl groups is 1. The summed E-state index contributed by atoms with van der Waals surface area (Å²) >= 11 is 0. The van der Waals surface area contributed by atoms with E-state index in [0.29, 0.717) is 6.42 Å². The largest absolute Gasteiger partial charge is 0.392 e. The van der Waals surface area contributed by atoms with Gasteiger partial charge in [0.05, 0.1) is 6.10 Å². The molecule has 2 nitrogen and oxygen atoms in total. The molecule has 2 aromatic rings. The van der Waals surface area contributed by atoms with Crippen molar-refractivity contribution in [2.45, 2.75) is 38.7 Å². The Bertz CT molecular complexity index is 1000. The molecule has 1 fully saturated rings. The summed E-state index contributed by atoms with van der Waals surface area (Å²) in [7, 11) is 0. The average molecular weight is 368 g/mol. The van der Waals surface area contributed by atoms with Crippen LogP contribution in [0.4, 0.5) is 0 Å². The smallest absolute Gasteiger partial charge is 0.181 e. The molecule has 0 aromatic heterocycles. The van der Waals surface area contributed by atoms with E-state index < -0.39 is 0 Å². The zero-order valence-electron chi connectivity index (χ0n) is 16.1. The van der Waals surface area contributed by atoms with E-state index in [1.165, 1.54) is 0 Å². The number of allylic oxidation sites excluding steroid dienone is 2. The Morgan fingerprint density at radius 1 is 1.04 bits per heavy atom. The highest BCUT2D eigenvalue weighted by Crippen LogP contribution is 2.48. The van der Waals surface area contributed by atoms with E-state index in [1.807, 2.05) is 60.7 Å². The molecule has 0 aliphatic heterocycles. The maximum Gasteiger partial charge on any atom is 0.181 e. The second-order valence-electron chi connectivity index (χ2n) is 7.94. The van der Waals surface area contributed by atoms with Gasteiger partial charge in [-0.25, -0.2) is 0 Å². The number of fused-ring (bicyclic) bond motifs is 1. The van der Waals surface area contributed by atoms with Crippen LogP contribution in [0, 0.1) is 17.3 Å². The van der Waals surface area contributed by atoms with Crippen molar-refractivity contribution < 1.29 is 9.90 Å². The summed E-state index contributed by atoms with van der Waals surface area (Å²) in [6.45, 7) is 2.09. The van der Waals surface area contributed by atoms with Crippen LogP contribution in [0.5, 0.6) is 0 Å². The summed E-state index contributed by atoms with van der Waals surface area (Å²) in [4.78, 5) is 12.6. The first-order valence-corrected chi connectivity index (χ1v) is 9.86. The number of rotatable bonds is 1. The van der Waals surface area contributed by atoms with Crippen LogP contribution in [0.1, 0.15) is 49.3 Å². The van der Waals surface area contributed by atoms with Gasteiger partial charge in [-0.15, -0.1) is 0 Å². The van der Waals surface area contributed by atoms with Gasteiger partial charge in [-0.3, -0.25) is 4.79 Å². The molecule has 140 valence electrons. The molecule has 0 radical (unpaired) electrons. The number of benzene rings is 2. The molecular weight excluding hydrogens is 344 g/mol. The van der Waals surface area contributed by atoms with Gasteiger partial charge in [0, 0.05) is 22.1 Å². The highest BCUT2D eigenvalue weighted by atomic mass is 16.3. The third kappa shape index (κ3) is 3.72. The van der Waals surface area contributed by atoms with Gasteiger partial charge in [0.15, 0.2) is 5.78 Å². The molecule has 0 spiro atoms. The van der Waals surface area contributed by atoms with E-state index in [9.17, 15) is 9.90 Å². The molecule has 0 bridgehead atoms. The first kappa shape index (κ1) is 18.5. The third-order valence-corrected chi connectivity index (χ3v) is 5.95. The maximum atomic E-state index is 12.6. The Morgan fingerprint density at radius 3 is 2.43 bits per heavy atom. The van der Waals surface area contributed by atoms with Crippen LogP contribution in [0.2, 0.25) is 0 Å². The molecule has 1 saturated carbocycles. The zero-order valence-corrected chi connectivity index (χ0v) is 16.1. The Balaban J connectivity index is 1.55. The molecule has 0 unspecified atom stereocenters. The number of aliphatic hydroxyl groups excluding tert-OH is 1. The average Bonchev–Trinajstić information content (AvgIpc) is 2.71. The van der Waals surface area contributed by atoms with Crippen LogP contribution in [0.3, 0.4) is 0 Å². The topological polar surface area (TPSA) is 37.3 Å². The molecule has 2 aliphatic rings. The number of carbonyl (C=O) groups is 1. The summed E-state index contributed by atoms with van der Waals surface area (Å²) in [6, 6.07) is 17.9. The van der Waals surface area contributed by atoms with Crippen molar-refractivity contribution in [3.63, 3.8) is 0 Å². The van der Waals surface area contributed by atoms with Crippen molar-refractivity contribution in [3.8, 4) is 11.8 Å². The third-order valence-electron chi connectivity index (χ3n) is 5.95. The zero-order chi connectivity index (χ0) is 19.6. The fraction of sp³-hybridized carbons (Fsp3) is 0.269. The number of hydrogen-bond donors (Lipinski definition) is 1. The summed E-state index contributed by atoms with van der Waals surface area (Å²) < 4.78 is 0. The van der Waals surface area contributed by atoms with Gasteiger partial charge in [-0.05, 0) is 67.7 Å². The molecule has 0 saturated heterocycles. The first-order chi connectivity index (χ1) is 13.5. The second-order valence-corrected chi connectivity index (χ2v) is 7.94. The molecule has 0 heterocycles. The minimum atomic E-state index is -0.375. The Hall–Kier alpha value is -2.89. The van der Waals surface area contributed by atoms with E-state index >= 15 is 0 Å². The summed E-state index contributed by atoms with van der Waals surface area (Å²) in [5.74, 6) is 6.40. The minimum absolute atomic E-state index is 0.0783. The minimum Gasteiger partial charge on any atom is -0.392 e. The van der Waals surface area contributed by atoms with Gasteiger partial charge in [0.1, 0.15) is 0 Å². The van der Waals surface area contributed by atoms with Crippen molar-refractivity contribution in [2.75, 3.05) is 0 Å². The van der Waals surface area contributed by atoms with Crippen molar-refractivity contribution in [1.82, 2.24) is 0 Å². The second kappa shape index (κ2) is 7.62. The van der Waals surface area contributed by atoms with Gasteiger partial charge < -0.3 is 5.11 Å². The van der Waals surface area contributed by atoms with Crippen LogP contribution in [-0.4, -0.2) is 17.0 Å². The van der Waals surface area contributed by atoms with Crippen LogP contribution in [0.15, 0.2) is 71.8 Å². The molecule has 0 amide bonds. The molecule has 2 aromatic carbocycles. The molecule has 28 heavy (non-hydrogen) atoms. The quantitative estimate of drug-likeness (QED) is 0.573. The van der Waals surface area contributed by atoms with Gasteiger partial charge in [-0.1, -0.05) is 54.7 Å². The van der Waals surface area contributed by atoms with Crippen molar-refractivity contribution >= 4 is 11.9 Å². The van der Waals surface area contributed by atoms with Crippen molar-refractivity contribution in [3.05, 3.63) is 88.5 Å². The van der Waals surface area contributed by atoms with Crippen molar-refractivity contribution in [2.24, 2.45) is 5.41 Å². The number of hydrogen-bond acceptors (Lipinski definition) is 2. The van der Waals surface area contributed by atoms with Crippen LogP contribution in [-0.2, 0) is 4.79 Å². The number of ketones is 1. The molecule has 2 heteroatoms. The van der Waals surface area contributed by atoms with E-state index in [-0.39, 0.29) is 17.3 Å². The van der Waals surface area contributed by atoms with Gasteiger partial charge in [0.2, 0.25) is 0 Å². The lowest BCUT2D eigenvalue weighted by Gasteiger charge is -2.43. The lowest BCUT2D eigenvalue weighted by atomic mass is 9.63. The fourth-order valence-corrected chi connectivity index (χ4v) is 4.16. The Labute approximate surface area is 166 Å². The van der Waals surface area contributed by atoms with Crippen LogP contribution < -0.4 is 0 Å². The van der Waals surface area contributed by atoms with Gasteiger partial charge >= 0.3 is 0 Å².